The number of thiocarbonyl (C=S) groups is 1. The van der Waals surface area contributed by atoms with Crippen LogP contribution >= 0.6 is 35.6 Å². The van der Waals surface area contributed by atoms with Crippen LogP contribution in [0.15, 0.2) is 47.4 Å². The molecule has 0 aliphatic carbocycles. The Balaban J connectivity index is 1.77. The van der Waals surface area contributed by atoms with Gasteiger partial charge in [0.25, 0.3) is 11.8 Å². The van der Waals surface area contributed by atoms with Gasteiger partial charge in [-0.3, -0.25) is 24.2 Å². The van der Waals surface area contributed by atoms with E-state index in [1.54, 1.807) is 49.4 Å². The van der Waals surface area contributed by atoms with Gasteiger partial charge in [0, 0.05) is 10.6 Å². The molecular weight excluding hydrogens is 456 g/mol. The first-order chi connectivity index (χ1) is 14.8. The number of fused-ring (bicyclic) bond motifs is 1. The van der Waals surface area contributed by atoms with Crippen LogP contribution in [0.5, 0.6) is 0 Å². The predicted octanol–water partition coefficient (Wildman–Crippen LogP) is 4.33. The molecule has 0 spiro atoms. The number of thioether (sulfide) groups is 1. The number of rotatable bonds is 4. The van der Waals surface area contributed by atoms with Gasteiger partial charge in [0.05, 0.1) is 28.5 Å². The standard InChI is InChI=1S/C22H17ClN2O4S2/c1-3-29-17(26)11-24-16-7-5-4-6-14(16)18(20(24)27)19-21(28)25(22(30)31-19)13-9-8-12(2)15(23)10-13/h4-10H,3,11H2,1-2H3. The summed E-state index contributed by atoms with van der Waals surface area (Å²) in [5, 5.41) is 0.516. The highest BCUT2D eigenvalue weighted by Gasteiger charge is 2.43. The first kappa shape index (κ1) is 21.5. The van der Waals surface area contributed by atoms with E-state index in [0.717, 1.165) is 17.3 Å². The molecule has 2 aromatic rings. The third-order valence-electron chi connectivity index (χ3n) is 4.93. The van der Waals surface area contributed by atoms with Crippen LogP contribution in [0.2, 0.25) is 5.02 Å². The fourth-order valence-electron chi connectivity index (χ4n) is 3.45. The van der Waals surface area contributed by atoms with Crippen molar-refractivity contribution in [3.63, 3.8) is 0 Å². The minimum absolute atomic E-state index is 0.215. The van der Waals surface area contributed by atoms with Gasteiger partial charge in [-0.1, -0.05) is 59.8 Å². The van der Waals surface area contributed by atoms with Crippen molar-refractivity contribution in [1.82, 2.24) is 0 Å². The number of nitrogens with zero attached hydrogens (tertiary/aromatic N) is 2. The van der Waals surface area contributed by atoms with E-state index in [0.29, 0.717) is 26.3 Å². The van der Waals surface area contributed by atoms with E-state index in [1.165, 1.54) is 9.80 Å². The Hall–Kier alpha value is -2.68. The summed E-state index contributed by atoms with van der Waals surface area (Å²) in [6, 6.07) is 12.3. The first-order valence-corrected chi connectivity index (χ1v) is 11.1. The summed E-state index contributed by atoms with van der Waals surface area (Å²) in [4.78, 5) is 41.6. The predicted molar refractivity (Wildman–Crippen MR) is 126 cm³/mol. The lowest BCUT2D eigenvalue weighted by atomic mass is 10.1. The van der Waals surface area contributed by atoms with Crippen LogP contribution in [-0.2, 0) is 19.1 Å². The molecule has 31 heavy (non-hydrogen) atoms. The van der Waals surface area contributed by atoms with Gasteiger partial charge < -0.3 is 4.74 Å². The van der Waals surface area contributed by atoms with Gasteiger partial charge >= 0.3 is 5.97 Å². The second-order valence-electron chi connectivity index (χ2n) is 6.86. The zero-order chi connectivity index (χ0) is 22.3. The number of anilines is 2. The van der Waals surface area contributed by atoms with Gasteiger partial charge in [0.15, 0.2) is 4.32 Å². The van der Waals surface area contributed by atoms with Crippen molar-refractivity contribution in [3.8, 4) is 0 Å². The molecule has 2 amide bonds. The Labute approximate surface area is 193 Å². The highest BCUT2D eigenvalue weighted by Crippen LogP contribution is 2.45. The maximum atomic E-state index is 13.3. The molecular formula is C22H17ClN2O4S2. The number of ether oxygens (including phenoxy) is 1. The summed E-state index contributed by atoms with van der Waals surface area (Å²) >= 11 is 12.7. The van der Waals surface area contributed by atoms with Gasteiger partial charge in [-0.15, -0.1) is 0 Å². The summed E-state index contributed by atoms with van der Waals surface area (Å²) in [6.45, 7) is 3.55. The van der Waals surface area contributed by atoms with Gasteiger partial charge in [0.1, 0.15) is 6.54 Å². The molecule has 0 aromatic heterocycles. The van der Waals surface area contributed by atoms with Gasteiger partial charge in [-0.25, -0.2) is 0 Å². The molecule has 0 N–H and O–H groups in total. The van der Waals surface area contributed by atoms with E-state index in [4.69, 9.17) is 28.6 Å². The number of hydrogen-bond acceptors (Lipinski definition) is 6. The van der Waals surface area contributed by atoms with E-state index in [2.05, 4.69) is 0 Å². The SMILES string of the molecule is CCOC(=O)CN1C(=O)C(=C2SC(=S)N(c3ccc(C)c(Cl)c3)C2=O)c2ccccc21. The summed E-state index contributed by atoms with van der Waals surface area (Å²) in [5.41, 5.74) is 2.79. The molecule has 0 unspecified atom stereocenters. The molecule has 2 aliphatic rings. The molecule has 1 fully saturated rings. The highest BCUT2D eigenvalue weighted by atomic mass is 35.5. The number of carbonyl (C=O) groups excluding carboxylic acids is 3. The second kappa shape index (κ2) is 8.45. The van der Waals surface area contributed by atoms with Crippen molar-refractivity contribution in [2.24, 2.45) is 0 Å². The molecule has 158 valence electrons. The summed E-state index contributed by atoms with van der Waals surface area (Å²) in [5.74, 6) is -1.35. The molecule has 0 saturated carbocycles. The number of halogens is 1. The lowest BCUT2D eigenvalue weighted by molar-refractivity contribution is -0.142. The second-order valence-corrected chi connectivity index (χ2v) is 8.91. The normalized spacial score (nSPS) is 18.1. The van der Waals surface area contributed by atoms with E-state index in [9.17, 15) is 14.4 Å². The Morgan fingerprint density at radius 2 is 1.90 bits per heavy atom. The van der Waals surface area contributed by atoms with Crippen LogP contribution in [0.25, 0.3) is 5.57 Å². The average molecular weight is 473 g/mol. The summed E-state index contributed by atoms with van der Waals surface area (Å²) in [7, 11) is 0. The maximum Gasteiger partial charge on any atom is 0.326 e. The fourth-order valence-corrected chi connectivity index (χ4v) is 5.00. The van der Waals surface area contributed by atoms with Crippen LogP contribution in [0, 0.1) is 6.92 Å². The monoisotopic (exact) mass is 472 g/mol. The average Bonchev–Trinajstić information content (AvgIpc) is 3.17. The Morgan fingerprint density at radius 1 is 1.16 bits per heavy atom. The fraction of sp³-hybridized carbons (Fsp3) is 0.182. The maximum absolute atomic E-state index is 13.3. The molecule has 0 atom stereocenters. The quantitative estimate of drug-likeness (QED) is 0.375. The largest absolute Gasteiger partial charge is 0.465 e. The molecule has 6 nitrogen and oxygen atoms in total. The molecule has 2 aliphatic heterocycles. The lowest BCUT2D eigenvalue weighted by Gasteiger charge is -2.16. The number of amides is 2. The topological polar surface area (TPSA) is 66.9 Å². The van der Waals surface area contributed by atoms with Gasteiger partial charge in [-0.2, -0.15) is 0 Å². The van der Waals surface area contributed by atoms with Crippen molar-refractivity contribution >= 4 is 74.6 Å². The highest BCUT2D eigenvalue weighted by molar-refractivity contribution is 8.27. The van der Waals surface area contributed by atoms with E-state index >= 15 is 0 Å². The molecule has 9 heteroatoms. The van der Waals surface area contributed by atoms with Crippen molar-refractivity contribution in [3.05, 3.63) is 63.5 Å². The Kier molecular flexibility index (Phi) is 5.88. The number of esters is 1. The third kappa shape index (κ3) is 3.75. The lowest BCUT2D eigenvalue weighted by Crippen LogP contribution is -2.34. The number of benzene rings is 2. The van der Waals surface area contributed by atoms with Crippen LogP contribution in [0.4, 0.5) is 11.4 Å². The number of para-hydroxylation sites is 1. The summed E-state index contributed by atoms with van der Waals surface area (Å²) in [6.07, 6.45) is 0. The van der Waals surface area contributed by atoms with E-state index in [1.807, 2.05) is 6.92 Å². The van der Waals surface area contributed by atoms with Crippen LogP contribution in [0.1, 0.15) is 18.1 Å². The summed E-state index contributed by atoms with van der Waals surface area (Å²) < 4.78 is 5.31. The molecule has 0 radical (unpaired) electrons. The van der Waals surface area contributed by atoms with Crippen molar-refractivity contribution in [1.29, 1.82) is 0 Å². The van der Waals surface area contributed by atoms with Gasteiger partial charge in [-0.05, 0) is 37.6 Å². The van der Waals surface area contributed by atoms with Crippen LogP contribution < -0.4 is 9.80 Å². The van der Waals surface area contributed by atoms with E-state index < -0.39 is 17.8 Å². The Bertz CT molecular complexity index is 1180. The minimum Gasteiger partial charge on any atom is -0.465 e. The molecule has 2 heterocycles. The number of hydrogen-bond donors (Lipinski definition) is 0. The smallest absolute Gasteiger partial charge is 0.326 e. The zero-order valence-corrected chi connectivity index (χ0v) is 19.1. The molecule has 1 saturated heterocycles. The van der Waals surface area contributed by atoms with Crippen molar-refractivity contribution in [2.75, 3.05) is 23.0 Å². The molecule has 2 aromatic carbocycles. The molecule has 4 rings (SSSR count). The number of aryl methyl sites for hydroxylation is 1. The Morgan fingerprint density at radius 3 is 2.61 bits per heavy atom. The number of carbonyl (C=O) groups is 3. The van der Waals surface area contributed by atoms with Crippen molar-refractivity contribution in [2.45, 2.75) is 13.8 Å². The van der Waals surface area contributed by atoms with Crippen molar-refractivity contribution < 1.29 is 19.1 Å². The zero-order valence-electron chi connectivity index (χ0n) is 16.7. The first-order valence-electron chi connectivity index (χ1n) is 9.47. The van der Waals surface area contributed by atoms with Crippen LogP contribution in [0.3, 0.4) is 0 Å². The van der Waals surface area contributed by atoms with E-state index in [-0.39, 0.29) is 23.6 Å². The molecule has 0 bridgehead atoms. The minimum atomic E-state index is -0.520. The van der Waals surface area contributed by atoms with Gasteiger partial charge in [0.2, 0.25) is 0 Å². The third-order valence-corrected chi connectivity index (χ3v) is 6.71. The van der Waals surface area contributed by atoms with Crippen LogP contribution in [-0.4, -0.2) is 35.3 Å².